The number of benzene rings is 2. The highest BCUT2D eigenvalue weighted by Gasteiger charge is 2.39. The van der Waals surface area contributed by atoms with Gasteiger partial charge in [0.05, 0.1) is 21.3 Å². The molecule has 0 N–H and O–H groups in total. The van der Waals surface area contributed by atoms with Crippen LogP contribution in [0.2, 0.25) is 0 Å². The molecule has 2 heterocycles. The van der Waals surface area contributed by atoms with Crippen LogP contribution in [-0.4, -0.2) is 51.5 Å². The SMILES string of the molecule is CCN1CCC2(CCc3cc(-c4ccc(OC)c(OC)c4OC)ccc3O2)CC1. The Bertz CT molecular complexity index is 871. The quantitative estimate of drug-likeness (QED) is 0.740. The normalized spacial score (nSPS) is 18.1. The summed E-state index contributed by atoms with van der Waals surface area (Å²) < 4.78 is 23.2. The number of nitrogens with zero attached hydrogens (tertiary/aromatic N) is 1. The number of piperidine rings is 1. The Morgan fingerprint density at radius 1 is 0.931 bits per heavy atom. The molecule has 1 fully saturated rings. The third-order valence-electron chi connectivity index (χ3n) is 6.47. The van der Waals surface area contributed by atoms with Crippen LogP contribution in [-0.2, 0) is 6.42 Å². The predicted octanol–water partition coefficient (Wildman–Crippen LogP) is 4.56. The Morgan fingerprint density at radius 3 is 2.34 bits per heavy atom. The highest BCUT2D eigenvalue weighted by Crippen LogP contribution is 2.46. The molecule has 0 saturated carbocycles. The molecule has 0 unspecified atom stereocenters. The van der Waals surface area contributed by atoms with Crippen LogP contribution in [0.3, 0.4) is 0 Å². The summed E-state index contributed by atoms with van der Waals surface area (Å²) in [6, 6.07) is 10.4. The monoisotopic (exact) mass is 397 g/mol. The summed E-state index contributed by atoms with van der Waals surface area (Å²) in [6.07, 6.45) is 4.37. The molecule has 2 aliphatic heterocycles. The van der Waals surface area contributed by atoms with Gasteiger partial charge in [0.2, 0.25) is 5.75 Å². The second kappa shape index (κ2) is 8.15. The number of hydrogen-bond donors (Lipinski definition) is 0. The van der Waals surface area contributed by atoms with Gasteiger partial charge in [-0.15, -0.1) is 0 Å². The molecule has 0 aromatic heterocycles. The van der Waals surface area contributed by atoms with Crippen LogP contribution in [0.5, 0.6) is 23.0 Å². The van der Waals surface area contributed by atoms with Crippen molar-refractivity contribution in [1.29, 1.82) is 0 Å². The highest BCUT2D eigenvalue weighted by molar-refractivity contribution is 5.77. The molecule has 0 aliphatic carbocycles. The van der Waals surface area contributed by atoms with Gasteiger partial charge < -0.3 is 23.8 Å². The van der Waals surface area contributed by atoms with E-state index in [4.69, 9.17) is 18.9 Å². The van der Waals surface area contributed by atoms with Crippen LogP contribution >= 0.6 is 0 Å². The zero-order valence-corrected chi connectivity index (χ0v) is 17.9. The number of hydrogen-bond acceptors (Lipinski definition) is 5. The molecule has 5 nitrogen and oxygen atoms in total. The van der Waals surface area contributed by atoms with Gasteiger partial charge in [0.25, 0.3) is 0 Å². The summed E-state index contributed by atoms with van der Waals surface area (Å²) in [5.41, 5.74) is 3.37. The van der Waals surface area contributed by atoms with Gasteiger partial charge in [0.1, 0.15) is 11.4 Å². The van der Waals surface area contributed by atoms with Crippen LogP contribution < -0.4 is 18.9 Å². The van der Waals surface area contributed by atoms with Crippen molar-refractivity contribution >= 4 is 0 Å². The van der Waals surface area contributed by atoms with Gasteiger partial charge in [0, 0.05) is 18.7 Å². The third-order valence-corrected chi connectivity index (χ3v) is 6.47. The molecule has 5 heteroatoms. The minimum absolute atomic E-state index is 0.0151. The Morgan fingerprint density at radius 2 is 1.69 bits per heavy atom. The zero-order valence-electron chi connectivity index (χ0n) is 17.9. The first kappa shape index (κ1) is 19.9. The summed E-state index contributed by atoms with van der Waals surface area (Å²) in [5, 5.41) is 0. The van der Waals surface area contributed by atoms with Crippen LogP contribution in [0.4, 0.5) is 0 Å². The van der Waals surface area contributed by atoms with Gasteiger partial charge in [-0.25, -0.2) is 0 Å². The Hall–Kier alpha value is -2.40. The topological polar surface area (TPSA) is 40.2 Å². The number of likely N-dealkylation sites (tertiary alicyclic amines) is 1. The maximum Gasteiger partial charge on any atom is 0.203 e. The highest BCUT2D eigenvalue weighted by atomic mass is 16.5. The fourth-order valence-electron chi connectivity index (χ4n) is 4.65. The van der Waals surface area contributed by atoms with Crippen molar-refractivity contribution in [2.45, 2.75) is 38.2 Å². The van der Waals surface area contributed by atoms with Crippen molar-refractivity contribution in [1.82, 2.24) is 4.90 Å². The van der Waals surface area contributed by atoms with Crippen molar-refractivity contribution in [2.24, 2.45) is 0 Å². The van der Waals surface area contributed by atoms with E-state index in [1.165, 1.54) is 5.56 Å². The van der Waals surface area contributed by atoms with Gasteiger partial charge in [-0.1, -0.05) is 13.0 Å². The minimum Gasteiger partial charge on any atom is -0.493 e. The van der Waals surface area contributed by atoms with Gasteiger partial charge in [-0.05, 0) is 67.6 Å². The molecule has 0 radical (unpaired) electrons. The van der Waals surface area contributed by atoms with E-state index in [0.29, 0.717) is 17.2 Å². The van der Waals surface area contributed by atoms with E-state index < -0.39 is 0 Å². The number of aryl methyl sites for hydroxylation is 1. The Balaban J connectivity index is 1.62. The molecule has 0 bridgehead atoms. The standard InChI is InChI=1S/C24H31NO4/c1-5-25-14-12-24(13-15-25)11-10-18-16-17(6-8-20(18)29-24)19-7-9-21(26-2)23(28-4)22(19)27-3/h6-9,16H,5,10-15H2,1-4H3. The van der Waals surface area contributed by atoms with Crippen molar-refractivity contribution in [3.05, 3.63) is 35.9 Å². The maximum absolute atomic E-state index is 6.58. The molecule has 156 valence electrons. The smallest absolute Gasteiger partial charge is 0.203 e. The van der Waals surface area contributed by atoms with E-state index in [-0.39, 0.29) is 5.60 Å². The van der Waals surface area contributed by atoms with Crippen molar-refractivity contribution in [3.63, 3.8) is 0 Å². The number of fused-ring (bicyclic) bond motifs is 1. The molecule has 2 aliphatic rings. The molecule has 0 amide bonds. The van der Waals surface area contributed by atoms with Crippen LogP contribution in [0.25, 0.3) is 11.1 Å². The van der Waals surface area contributed by atoms with E-state index >= 15 is 0 Å². The average Bonchev–Trinajstić information content (AvgIpc) is 2.78. The van der Waals surface area contributed by atoms with Crippen molar-refractivity contribution in [2.75, 3.05) is 41.0 Å². The summed E-state index contributed by atoms with van der Waals surface area (Å²) in [6.45, 7) is 5.63. The van der Waals surface area contributed by atoms with E-state index in [1.807, 2.05) is 12.1 Å². The second-order valence-corrected chi connectivity index (χ2v) is 7.92. The summed E-state index contributed by atoms with van der Waals surface area (Å²) in [5.74, 6) is 2.99. The van der Waals surface area contributed by atoms with Gasteiger partial charge in [-0.2, -0.15) is 0 Å². The number of rotatable bonds is 5. The van der Waals surface area contributed by atoms with E-state index in [0.717, 1.165) is 62.2 Å². The molecular formula is C24H31NO4. The first-order chi connectivity index (χ1) is 14.1. The van der Waals surface area contributed by atoms with Gasteiger partial charge >= 0.3 is 0 Å². The molecule has 4 rings (SSSR count). The Labute approximate surface area is 173 Å². The second-order valence-electron chi connectivity index (χ2n) is 7.92. The molecule has 2 aromatic carbocycles. The minimum atomic E-state index is 0.0151. The van der Waals surface area contributed by atoms with Crippen LogP contribution in [0.15, 0.2) is 30.3 Å². The number of methoxy groups -OCH3 is 3. The molecular weight excluding hydrogens is 366 g/mol. The van der Waals surface area contributed by atoms with Crippen LogP contribution in [0.1, 0.15) is 31.7 Å². The lowest BCUT2D eigenvalue weighted by atomic mass is 9.82. The summed E-state index contributed by atoms with van der Waals surface area (Å²) in [4.78, 5) is 2.51. The maximum atomic E-state index is 6.58. The fraction of sp³-hybridized carbons (Fsp3) is 0.500. The lowest BCUT2D eigenvalue weighted by Gasteiger charge is -2.44. The third kappa shape index (κ3) is 3.64. The number of ether oxygens (including phenoxy) is 4. The van der Waals surface area contributed by atoms with Crippen LogP contribution in [0, 0.1) is 0 Å². The largest absolute Gasteiger partial charge is 0.493 e. The molecule has 29 heavy (non-hydrogen) atoms. The van der Waals surface area contributed by atoms with Gasteiger partial charge in [-0.3, -0.25) is 0 Å². The predicted molar refractivity (Wildman–Crippen MR) is 115 cm³/mol. The van der Waals surface area contributed by atoms with Crippen molar-refractivity contribution in [3.8, 4) is 34.1 Å². The molecule has 1 spiro atoms. The molecule has 0 atom stereocenters. The summed E-state index contributed by atoms with van der Waals surface area (Å²) >= 11 is 0. The Kier molecular flexibility index (Phi) is 5.59. The zero-order chi connectivity index (χ0) is 20.4. The fourth-order valence-corrected chi connectivity index (χ4v) is 4.65. The first-order valence-corrected chi connectivity index (χ1v) is 10.5. The molecule has 2 aromatic rings. The summed E-state index contributed by atoms with van der Waals surface area (Å²) in [7, 11) is 4.93. The van der Waals surface area contributed by atoms with E-state index in [2.05, 4.69) is 30.0 Å². The van der Waals surface area contributed by atoms with E-state index in [1.54, 1.807) is 21.3 Å². The van der Waals surface area contributed by atoms with E-state index in [9.17, 15) is 0 Å². The van der Waals surface area contributed by atoms with Gasteiger partial charge in [0.15, 0.2) is 11.5 Å². The lowest BCUT2D eigenvalue weighted by Crippen LogP contribution is -2.49. The lowest BCUT2D eigenvalue weighted by molar-refractivity contribution is -0.0132. The van der Waals surface area contributed by atoms with Crippen molar-refractivity contribution < 1.29 is 18.9 Å². The average molecular weight is 398 g/mol. The molecule has 1 saturated heterocycles. The first-order valence-electron chi connectivity index (χ1n) is 10.5.